The van der Waals surface area contributed by atoms with E-state index in [1.54, 1.807) is 19.2 Å². The molecule has 1 aromatic rings. The van der Waals surface area contributed by atoms with Crippen LogP contribution in [0.2, 0.25) is 5.02 Å². The van der Waals surface area contributed by atoms with Gasteiger partial charge in [0.15, 0.2) is 11.5 Å². The monoisotopic (exact) mass is 329 g/mol. The molecule has 0 fully saturated rings. The fourth-order valence-electron chi connectivity index (χ4n) is 2.10. The molecule has 0 saturated heterocycles. The van der Waals surface area contributed by atoms with Gasteiger partial charge in [0.05, 0.1) is 13.2 Å². The van der Waals surface area contributed by atoms with Crippen LogP contribution >= 0.6 is 11.6 Å². The quantitative estimate of drug-likeness (QED) is 0.765. The number of nitrogens with one attached hydrogen (secondary N) is 1. The lowest BCUT2D eigenvalue weighted by molar-refractivity contribution is -0.140. The summed E-state index contributed by atoms with van der Waals surface area (Å²) in [6, 6.07) is 2.80. The molecule has 0 amide bonds. The molecular formula is C16H24ClNO4. The Bertz CT molecular complexity index is 517. The molecule has 0 heterocycles. The minimum atomic E-state index is -0.879. The molecule has 0 radical (unpaired) electrons. The third kappa shape index (κ3) is 5.07. The Morgan fingerprint density at radius 1 is 1.32 bits per heavy atom. The molecule has 1 aromatic carbocycles. The van der Waals surface area contributed by atoms with Crippen LogP contribution in [0.25, 0.3) is 0 Å². The highest BCUT2D eigenvalue weighted by Gasteiger charge is 2.22. The Hall–Kier alpha value is -1.46. The highest BCUT2D eigenvalue weighted by atomic mass is 35.5. The van der Waals surface area contributed by atoms with Crippen LogP contribution in [-0.2, 0) is 11.3 Å². The van der Waals surface area contributed by atoms with E-state index in [9.17, 15) is 9.90 Å². The van der Waals surface area contributed by atoms with Gasteiger partial charge in [-0.1, -0.05) is 25.4 Å². The van der Waals surface area contributed by atoms with Crippen LogP contribution in [0, 0.1) is 5.92 Å². The average Bonchev–Trinajstić information content (AvgIpc) is 2.39. The van der Waals surface area contributed by atoms with Gasteiger partial charge >= 0.3 is 5.97 Å². The smallest absolute Gasteiger partial charge is 0.320 e. The van der Waals surface area contributed by atoms with Gasteiger partial charge in [-0.2, -0.15) is 0 Å². The van der Waals surface area contributed by atoms with E-state index >= 15 is 0 Å². The predicted octanol–water partition coefficient (Wildman–Crippen LogP) is 3.33. The van der Waals surface area contributed by atoms with Crippen molar-refractivity contribution in [1.82, 2.24) is 5.32 Å². The summed E-state index contributed by atoms with van der Waals surface area (Å²) in [4.78, 5) is 11.3. The predicted molar refractivity (Wildman–Crippen MR) is 86.9 cm³/mol. The summed E-state index contributed by atoms with van der Waals surface area (Å²) in [5.74, 6) is 0.208. The summed E-state index contributed by atoms with van der Waals surface area (Å²) < 4.78 is 11.1. The molecule has 1 atom stereocenters. The number of benzene rings is 1. The molecule has 0 aliphatic heterocycles. The Morgan fingerprint density at radius 3 is 2.41 bits per heavy atom. The van der Waals surface area contributed by atoms with Gasteiger partial charge < -0.3 is 14.6 Å². The number of methoxy groups -OCH3 is 1. The first kappa shape index (κ1) is 18.6. The number of carboxylic acids is 1. The molecule has 6 heteroatoms. The molecule has 0 spiro atoms. The van der Waals surface area contributed by atoms with E-state index in [0.717, 1.165) is 5.56 Å². The van der Waals surface area contributed by atoms with Crippen LogP contribution < -0.4 is 14.8 Å². The van der Waals surface area contributed by atoms with Crippen molar-refractivity contribution in [3.63, 3.8) is 0 Å². The first-order valence-corrected chi connectivity index (χ1v) is 7.63. The van der Waals surface area contributed by atoms with Crippen molar-refractivity contribution < 1.29 is 19.4 Å². The second-order valence-corrected chi connectivity index (χ2v) is 6.14. The number of carboxylic acid groups (broad SMARTS) is 1. The van der Waals surface area contributed by atoms with Crippen LogP contribution in [0.1, 0.15) is 33.3 Å². The number of ether oxygens (including phenoxy) is 2. The third-order valence-electron chi connectivity index (χ3n) is 3.12. The van der Waals surface area contributed by atoms with Crippen molar-refractivity contribution in [3.05, 3.63) is 22.7 Å². The molecule has 0 saturated carbocycles. The van der Waals surface area contributed by atoms with E-state index in [1.165, 1.54) is 0 Å². The van der Waals surface area contributed by atoms with Gasteiger partial charge in [-0.3, -0.25) is 10.1 Å². The summed E-state index contributed by atoms with van der Waals surface area (Å²) in [6.07, 6.45) is -0.0332. The number of halogens is 1. The molecule has 1 unspecified atom stereocenters. The number of carbonyl (C=O) groups is 1. The second kappa shape index (κ2) is 8.25. The molecule has 1 rings (SSSR count). The normalized spacial score (nSPS) is 12.5. The molecular weight excluding hydrogens is 306 g/mol. The zero-order valence-corrected chi connectivity index (χ0v) is 14.4. The minimum Gasteiger partial charge on any atom is -0.493 e. The van der Waals surface area contributed by atoms with Crippen LogP contribution in [0.5, 0.6) is 11.5 Å². The summed E-state index contributed by atoms with van der Waals surface area (Å²) in [7, 11) is 1.55. The zero-order valence-electron chi connectivity index (χ0n) is 13.6. The van der Waals surface area contributed by atoms with Crippen LogP contribution in [0.15, 0.2) is 12.1 Å². The topological polar surface area (TPSA) is 67.8 Å². The molecule has 0 aromatic heterocycles. The van der Waals surface area contributed by atoms with Crippen molar-refractivity contribution in [2.45, 2.75) is 46.4 Å². The van der Waals surface area contributed by atoms with E-state index in [4.69, 9.17) is 21.1 Å². The lowest BCUT2D eigenvalue weighted by Crippen LogP contribution is -2.40. The maximum Gasteiger partial charge on any atom is 0.320 e. The Balaban J connectivity index is 3.06. The van der Waals surface area contributed by atoms with Gasteiger partial charge in [0.1, 0.15) is 6.04 Å². The molecule has 2 N–H and O–H groups in total. The summed E-state index contributed by atoms with van der Waals surface area (Å²) in [6.45, 7) is 7.87. The zero-order chi connectivity index (χ0) is 16.9. The van der Waals surface area contributed by atoms with E-state index in [-0.39, 0.29) is 12.0 Å². The van der Waals surface area contributed by atoms with E-state index in [0.29, 0.717) is 23.1 Å². The third-order valence-corrected chi connectivity index (χ3v) is 3.33. The number of rotatable bonds is 8. The number of hydrogen-bond donors (Lipinski definition) is 2. The molecule has 5 nitrogen and oxygen atoms in total. The Kier molecular flexibility index (Phi) is 6.97. The Morgan fingerprint density at radius 2 is 1.95 bits per heavy atom. The largest absolute Gasteiger partial charge is 0.493 e. The summed E-state index contributed by atoms with van der Waals surface area (Å²) in [5, 5.41) is 12.8. The van der Waals surface area contributed by atoms with Gasteiger partial charge in [0, 0.05) is 23.2 Å². The average molecular weight is 330 g/mol. The number of aliphatic carboxylic acids is 1. The molecule has 124 valence electrons. The van der Waals surface area contributed by atoms with Gasteiger partial charge in [-0.05, 0) is 25.8 Å². The van der Waals surface area contributed by atoms with Crippen molar-refractivity contribution in [3.8, 4) is 11.5 Å². The molecule has 22 heavy (non-hydrogen) atoms. The second-order valence-electron chi connectivity index (χ2n) is 5.70. The SMILES string of the molecule is COc1cc(Cl)cc(CNC(C(=O)O)C(C)C)c1OC(C)C. The maximum atomic E-state index is 11.3. The fourth-order valence-corrected chi connectivity index (χ4v) is 2.33. The Labute approximate surface area is 136 Å². The fraction of sp³-hybridized carbons (Fsp3) is 0.562. The van der Waals surface area contributed by atoms with Crippen LogP contribution in [0.3, 0.4) is 0 Å². The first-order chi connectivity index (χ1) is 10.3. The maximum absolute atomic E-state index is 11.3. The first-order valence-electron chi connectivity index (χ1n) is 7.25. The van der Waals surface area contributed by atoms with E-state index in [2.05, 4.69) is 5.32 Å². The van der Waals surface area contributed by atoms with Crippen molar-refractivity contribution in [2.75, 3.05) is 7.11 Å². The van der Waals surface area contributed by atoms with Gasteiger partial charge in [0.25, 0.3) is 0 Å². The van der Waals surface area contributed by atoms with Gasteiger partial charge in [-0.15, -0.1) is 0 Å². The van der Waals surface area contributed by atoms with Crippen LogP contribution in [0.4, 0.5) is 0 Å². The lowest BCUT2D eigenvalue weighted by Gasteiger charge is -2.21. The van der Waals surface area contributed by atoms with Gasteiger partial charge in [0.2, 0.25) is 0 Å². The van der Waals surface area contributed by atoms with Crippen molar-refractivity contribution in [1.29, 1.82) is 0 Å². The summed E-state index contributed by atoms with van der Waals surface area (Å²) >= 11 is 6.10. The van der Waals surface area contributed by atoms with Gasteiger partial charge in [-0.25, -0.2) is 0 Å². The minimum absolute atomic E-state index is 0.0332. The van der Waals surface area contributed by atoms with E-state index in [1.807, 2.05) is 27.7 Å². The number of hydrogen-bond acceptors (Lipinski definition) is 4. The lowest BCUT2D eigenvalue weighted by atomic mass is 10.0. The van der Waals surface area contributed by atoms with Crippen molar-refractivity contribution in [2.24, 2.45) is 5.92 Å². The van der Waals surface area contributed by atoms with Crippen molar-refractivity contribution >= 4 is 17.6 Å². The standard InChI is InChI=1S/C16H24ClNO4/c1-9(2)14(16(19)20)18-8-11-6-12(17)7-13(21-5)15(11)22-10(3)4/h6-7,9-10,14,18H,8H2,1-5H3,(H,19,20). The highest BCUT2D eigenvalue weighted by Crippen LogP contribution is 2.35. The van der Waals surface area contributed by atoms with Crippen LogP contribution in [-0.4, -0.2) is 30.3 Å². The highest BCUT2D eigenvalue weighted by molar-refractivity contribution is 6.30. The molecule has 0 bridgehead atoms. The summed E-state index contributed by atoms with van der Waals surface area (Å²) in [5.41, 5.74) is 0.768. The molecule has 0 aliphatic rings. The van der Waals surface area contributed by atoms with E-state index < -0.39 is 12.0 Å². The molecule has 0 aliphatic carbocycles.